The van der Waals surface area contributed by atoms with E-state index in [2.05, 4.69) is 46.4 Å². The quantitative estimate of drug-likeness (QED) is 0.320. The standard InChI is InChI=1S/C28H31NO/c1-6-11-21-16-25(19(2)3)27(26(17-21)20(4)5)29-18-23-14-10-15-24(28(23)30)22-12-8-7-9-13-22/h6-10,12-20,30H,1,11H2,2-5H3. The zero-order valence-corrected chi connectivity index (χ0v) is 18.4. The number of aromatic hydroxyl groups is 1. The first-order valence-electron chi connectivity index (χ1n) is 10.6. The molecule has 0 aromatic heterocycles. The van der Waals surface area contributed by atoms with Crippen molar-refractivity contribution in [2.75, 3.05) is 0 Å². The van der Waals surface area contributed by atoms with Crippen molar-refractivity contribution >= 4 is 11.9 Å². The first kappa shape index (κ1) is 21.6. The highest BCUT2D eigenvalue weighted by Crippen LogP contribution is 2.37. The maximum atomic E-state index is 10.9. The zero-order chi connectivity index (χ0) is 21.7. The molecule has 0 saturated heterocycles. The Morgan fingerprint density at radius 3 is 2.10 bits per heavy atom. The van der Waals surface area contributed by atoms with Crippen molar-refractivity contribution in [3.8, 4) is 16.9 Å². The van der Waals surface area contributed by atoms with Crippen LogP contribution in [0.5, 0.6) is 5.75 Å². The second-order valence-corrected chi connectivity index (χ2v) is 8.29. The summed E-state index contributed by atoms with van der Waals surface area (Å²) < 4.78 is 0. The molecular formula is C28H31NO. The Balaban J connectivity index is 2.09. The zero-order valence-electron chi connectivity index (χ0n) is 18.4. The maximum Gasteiger partial charge on any atom is 0.132 e. The third-order valence-corrected chi connectivity index (χ3v) is 5.34. The molecule has 154 valence electrons. The van der Waals surface area contributed by atoms with Gasteiger partial charge in [0, 0.05) is 17.3 Å². The molecule has 0 atom stereocenters. The van der Waals surface area contributed by atoms with E-state index >= 15 is 0 Å². The molecule has 0 spiro atoms. The van der Waals surface area contributed by atoms with Crippen molar-refractivity contribution in [3.63, 3.8) is 0 Å². The molecule has 0 unspecified atom stereocenters. The van der Waals surface area contributed by atoms with Crippen LogP contribution in [0.4, 0.5) is 5.69 Å². The molecule has 3 aromatic carbocycles. The van der Waals surface area contributed by atoms with Crippen molar-refractivity contribution in [1.82, 2.24) is 0 Å². The van der Waals surface area contributed by atoms with Gasteiger partial charge in [0.05, 0.1) is 5.69 Å². The molecule has 0 bridgehead atoms. The second kappa shape index (κ2) is 9.58. The third-order valence-electron chi connectivity index (χ3n) is 5.34. The summed E-state index contributed by atoms with van der Waals surface area (Å²) in [5.41, 5.74) is 7.26. The summed E-state index contributed by atoms with van der Waals surface area (Å²) in [6, 6.07) is 20.2. The van der Waals surface area contributed by atoms with Gasteiger partial charge in [-0.2, -0.15) is 0 Å². The first-order valence-corrected chi connectivity index (χ1v) is 10.6. The number of phenols is 1. The maximum absolute atomic E-state index is 10.9. The van der Waals surface area contributed by atoms with Crippen LogP contribution in [-0.2, 0) is 6.42 Å². The van der Waals surface area contributed by atoms with E-state index in [9.17, 15) is 5.11 Å². The van der Waals surface area contributed by atoms with E-state index in [1.165, 1.54) is 16.7 Å². The summed E-state index contributed by atoms with van der Waals surface area (Å²) in [4.78, 5) is 4.90. The number of allylic oxidation sites excluding steroid dienone is 1. The monoisotopic (exact) mass is 397 g/mol. The van der Waals surface area contributed by atoms with Gasteiger partial charge in [-0.3, -0.25) is 4.99 Å². The SMILES string of the molecule is C=CCc1cc(C(C)C)c(N=Cc2cccc(-c3ccccc3)c2O)c(C(C)C)c1. The van der Waals surface area contributed by atoms with Crippen LogP contribution in [0.1, 0.15) is 61.8 Å². The molecule has 0 aliphatic heterocycles. The summed E-state index contributed by atoms with van der Waals surface area (Å²) in [6.45, 7) is 12.7. The predicted octanol–water partition coefficient (Wildman–Crippen LogP) is 7.79. The van der Waals surface area contributed by atoms with Crippen LogP contribution in [0.15, 0.2) is 78.3 Å². The lowest BCUT2D eigenvalue weighted by Gasteiger charge is -2.18. The van der Waals surface area contributed by atoms with Gasteiger partial charge in [0.25, 0.3) is 0 Å². The van der Waals surface area contributed by atoms with Gasteiger partial charge in [-0.05, 0) is 46.6 Å². The molecule has 0 aliphatic carbocycles. The fourth-order valence-electron chi connectivity index (χ4n) is 3.71. The fourth-order valence-corrected chi connectivity index (χ4v) is 3.71. The third kappa shape index (κ3) is 4.71. The van der Waals surface area contributed by atoms with Gasteiger partial charge in [0.15, 0.2) is 0 Å². The Morgan fingerprint density at radius 1 is 0.900 bits per heavy atom. The lowest BCUT2D eigenvalue weighted by molar-refractivity contribution is 0.476. The Labute approximate surface area is 180 Å². The van der Waals surface area contributed by atoms with Crippen LogP contribution >= 0.6 is 0 Å². The lowest BCUT2D eigenvalue weighted by Crippen LogP contribution is -1.99. The number of hydrogen-bond donors (Lipinski definition) is 1. The molecule has 0 amide bonds. The molecule has 0 radical (unpaired) electrons. The fraction of sp³-hybridized carbons (Fsp3) is 0.250. The highest BCUT2D eigenvalue weighted by molar-refractivity contribution is 5.90. The van der Waals surface area contributed by atoms with Gasteiger partial charge in [-0.25, -0.2) is 0 Å². The Morgan fingerprint density at radius 2 is 1.53 bits per heavy atom. The van der Waals surface area contributed by atoms with Crippen molar-refractivity contribution in [2.45, 2.75) is 46.0 Å². The Kier molecular flexibility index (Phi) is 6.89. The number of aliphatic imine (C=N–C) groups is 1. The number of phenolic OH excluding ortho intramolecular Hbond substituents is 1. The van der Waals surface area contributed by atoms with Gasteiger partial charge in [0.2, 0.25) is 0 Å². The van der Waals surface area contributed by atoms with Crippen LogP contribution in [-0.4, -0.2) is 11.3 Å². The molecule has 2 nitrogen and oxygen atoms in total. The van der Waals surface area contributed by atoms with Crippen LogP contribution in [0.2, 0.25) is 0 Å². The van der Waals surface area contributed by atoms with Gasteiger partial charge < -0.3 is 5.11 Å². The van der Waals surface area contributed by atoms with Crippen molar-refractivity contribution in [1.29, 1.82) is 0 Å². The number of hydrogen-bond acceptors (Lipinski definition) is 2. The lowest BCUT2D eigenvalue weighted by atomic mass is 9.89. The van der Waals surface area contributed by atoms with E-state index in [0.717, 1.165) is 28.8 Å². The minimum Gasteiger partial charge on any atom is -0.507 e. The molecule has 2 heteroatoms. The molecule has 3 rings (SSSR count). The molecule has 30 heavy (non-hydrogen) atoms. The largest absolute Gasteiger partial charge is 0.507 e. The number of para-hydroxylation sites is 1. The van der Waals surface area contributed by atoms with Crippen molar-refractivity contribution in [3.05, 3.63) is 95.6 Å². The van der Waals surface area contributed by atoms with E-state index in [0.29, 0.717) is 11.8 Å². The first-order chi connectivity index (χ1) is 14.4. The van der Waals surface area contributed by atoms with Gasteiger partial charge in [0.1, 0.15) is 5.75 Å². The van der Waals surface area contributed by atoms with Gasteiger partial charge >= 0.3 is 0 Å². The Hall–Kier alpha value is -3.13. The molecule has 1 N–H and O–H groups in total. The molecule has 0 saturated carbocycles. The van der Waals surface area contributed by atoms with Crippen molar-refractivity contribution < 1.29 is 5.11 Å². The summed E-state index contributed by atoms with van der Waals surface area (Å²) in [7, 11) is 0. The Bertz CT molecular complexity index is 1020. The molecular weight excluding hydrogens is 366 g/mol. The summed E-state index contributed by atoms with van der Waals surface area (Å²) in [5, 5.41) is 10.9. The van der Waals surface area contributed by atoms with E-state index in [1.807, 2.05) is 54.6 Å². The van der Waals surface area contributed by atoms with E-state index in [1.54, 1.807) is 6.21 Å². The summed E-state index contributed by atoms with van der Waals surface area (Å²) in [6.07, 6.45) is 4.59. The molecule has 3 aromatic rings. The van der Waals surface area contributed by atoms with Gasteiger partial charge in [-0.1, -0.05) is 88.4 Å². The molecule has 0 fully saturated rings. The molecule has 0 heterocycles. The predicted molar refractivity (Wildman–Crippen MR) is 129 cm³/mol. The smallest absolute Gasteiger partial charge is 0.132 e. The van der Waals surface area contributed by atoms with E-state index < -0.39 is 0 Å². The highest BCUT2D eigenvalue weighted by atomic mass is 16.3. The number of benzene rings is 3. The van der Waals surface area contributed by atoms with E-state index in [-0.39, 0.29) is 5.75 Å². The summed E-state index contributed by atoms with van der Waals surface area (Å²) in [5.74, 6) is 0.959. The number of rotatable bonds is 7. The minimum absolute atomic E-state index is 0.257. The normalized spacial score (nSPS) is 11.5. The average molecular weight is 398 g/mol. The van der Waals surface area contributed by atoms with Gasteiger partial charge in [-0.15, -0.1) is 6.58 Å². The second-order valence-electron chi connectivity index (χ2n) is 8.29. The van der Waals surface area contributed by atoms with E-state index in [4.69, 9.17) is 4.99 Å². The summed E-state index contributed by atoms with van der Waals surface area (Å²) >= 11 is 0. The van der Waals surface area contributed by atoms with Crippen LogP contribution < -0.4 is 0 Å². The van der Waals surface area contributed by atoms with Crippen LogP contribution in [0, 0.1) is 0 Å². The van der Waals surface area contributed by atoms with Crippen molar-refractivity contribution in [2.24, 2.45) is 4.99 Å². The number of nitrogens with zero attached hydrogens (tertiary/aromatic N) is 1. The topological polar surface area (TPSA) is 32.6 Å². The molecule has 0 aliphatic rings. The highest BCUT2D eigenvalue weighted by Gasteiger charge is 2.15. The minimum atomic E-state index is 0.257. The van der Waals surface area contributed by atoms with Crippen LogP contribution in [0.3, 0.4) is 0 Å². The van der Waals surface area contributed by atoms with Crippen LogP contribution in [0.25, 0.3) is 11.1 Å². The average Bonchev–Trinajstić information content (AvgIpc) is 2.73.